The second-order valence-electron chi connectivity index (χ2n) is 7.91. The summed E-state index contributed by atoms with van der Waals surface area (Å²) in [4.78, 5) is 43.7. The number of nitrogens with zero attached hydrogens (tertiary/aromatic N) is 2. The molecule has 3 N–H and O–H groups in total. The van der Waals surface area contributed by atoms with Crippen molar-refractivity contribution in [3.05, 3.63) is 75.8 Å². The number of aromatic amines is 1. The van der Waals surface area contributed by atoms with Crippen molar-refractivity contribution in [2.24, 2.45) is 7.05 Å². The van der Waals surface area contributed by atoms with Gasteiger partial charge < -0.3 is 20.0 Å². The van der Waals surface area contributed by atoms with E-state index in [2.05, 4.69) is 15.3 Å². The quantitative estimate of drug-likeness (QED) is 0.415. The van der Waals surface area contributed by atoms with Crippen LogP contribution in [0.5, 0.6) is 0 Å². The van der Waals surface area contributed by atoms with Gasteiger partial charge in [-0.25, -0.2) is 9.78 Å². The molecule has 0 radical (unpaired) electrons. The summed E-state index contributed by atoms with van der Waals surface area (Å²) in [5.74, 6) is -1.41. The Labute approximate surface area is 183 Å². The van der Waals surface area contributed by atoms with Crippen molar-refractivity contribution in [1.82, 2.24) is 19.9 Å². The molecule has 0 saturated heterocycles. The van der Waals surface area contributed by atoms with Crippen LogP contribution < -0.4 is 10.9 Å². The van der Waals surface area contributed by atoms with Gasteiger partial charge in [0.2, 0.25) is 5.91 Å². The van der Waals surface area contributed by atoms with E-state index in [1.54, 1.807) is 24.7 Å². The van der Waals surface area contributed by atoms with Crippen LogP contribution in [-0.4, -0.2) is 37.6 Å². The maximum absolute atomic E-state index is 12.5. The van der Waals surface area contributed by atoms with Crippen LogP contribution >= 0.6 is 0 Å². The molecule has 2 aromatic heterocycles. The SMILES string of the molecule is Cc1nc2cc(CCC(=O)N[C@@H](Cc3c[nH]c4ccccc34)C(=O)O)ccc2n(C)c1=O. The van der Waals surface area contributed by atoms with Crippen LogP contribution in [0.3, 0.4) is 0 Å². The zero-order chi connectivity index (χ0) is 22.8. The number of benzene rings is 2. The van der Waals surface area contributed by atoms with Crippen LogP contribution in [0.25, 0.3) is 21.9 Å². The maximum Gasteiger partial charge on any atom is 0.326 e. The molecule has 164 valence electrons. The largest absolute Gasteiger partial charge is 0.480 e. The van der Waals surface area contributed by atoms with Gasteiger partial charge in [-0.15, -0.1) is 0 Å². The smallest absolute Gasteiger partial charge is 0.326 e. The Hall–Kier alpha value is -3.94. The van der Waals surface area contributed by atoms with E-state index in [0.717, 1.165) is 27.5 Å². The van der Waals surface area contributed by atoms with Gasteiger partial charge in [0.25, 0.3) is 5.56 Å². The molecule has 4 aromatic rings. The molecule has 8 heteroatoms. The van der Waals surface area contributed by atoms with Gasteiger partial charge in [-0.2, -0.15) is 0 Å². The molecule has 4 rings (SSSR count). The van der Waals surface area contributed by atoms with E-state index in [1.165, 1.54) is 0 Å². The summed E-state index contributed by atoms with van der Waals surface area (Å²) >= 11 is 0. The number of carboxylic acids is 1. The second kappa shape index (κ2) is 8.66. The van der Waals surface area contributed by atoms with E-state index >= 15 is 0 Å². The monoisotopic (exact) mass is 432 g/mol. The fourth-order valence-corrected chi connectivity index (χ4v) is 3.92. The predicted octanol–water partition coefficient (Wildman–Crippen LogP) is 2.47. The third kappa shape index (κ3) is 4.25. The van der Waals surface area contributed by atoms with Gasteiger partial charge in [0, 0.05) is 37.0 Å². The highest BCUT2D eigenvalue weighted by Gasteiger charge is 2.21. The number of H-pyrrole nitrogens is 1. The second-order valence-corrected chi connectivity index (χ2v) is 7.91. The molecule has 0 aliphatic rings. The van der Waals surface area contributed by atoms with Crippen molar-refractivity contribution < 1.29 is 14.7 Å². The van der Waals surface area contributed by atoms with Crippen molar-refractivity contribution in [2.45, 2.75) is 32.2 Å². The Morgan fingerprint density at radius 2 is 2.00 bits per heavy atom. The number of nitrogens with one attached hydrogen (secondary N) is 2. The minimum atomic E-state index is -1.07. The maximum atomic E-state index is 12.5. The van der Waals surface area contributed by atoms with Crippen molar-refractivity contribution in [3.63, 3.8) is 0 Å². The first kappa shape index (κ1) is 21.3. The number of aromatic nitrogens is 3. The molecule has 1 amide bonds. The molecule has 0 aliphatic heterocycles. The van der Waals surface area contributed by atoms with Crippen LogP contribution in [0.4, 0.5) is 0 Å². The molecule has 0 saturated carbocycles. The average Bonchev–Trinajstić information content (AvgIpc) is 3.18. The lowest BCUT2D eigenvalue weighted by atomic mass is 10.0. The molecule has 8 nitrogen and oxygen atoms in total. The molecule has 1 atom stereocenters. The van der Waals surface area contributed by atoms with Gasteiger partial charge in [-0.1, -0.05) is 24.3 Å². The van der Waals surface area contributed by atoms with Gasteiger partial charge in [0.05, 0.1) is 11.0 Å². The van der Waals surface area contributed by atoms with E-state index < -0.39 is 12.0 Å². The number of aliphatic carboxylic acids is 1. The lowest BCUT2D eigenvalue weighted by molar-refractivity contribution is -0.141. The number of carboxylic acid groups (broad SMARTS) is 1. The van der Waals surface area contributed by atoms with Crippen molar-refractivity contribution in [3.8, 4) is 0 Å². The molecule has 0 bridgehead atoms. The Balaban J connectivity index is 1.43. The van der Waals surface area contributed by atoms with E-state index in [9.17, 15) is 19.5 Å². The van der Waals surface area contributed by atoms with Crippen LogP contribution in [0.15, 0.2) is 53.5 Å². The number of amides is 1. The number of fused-ring (bicyclic) bond motifs is 2. The topological polar surface area (TPSA) is 117 Å². The summed E-state index contributed by atoms with van der Waals surface area (Å²) in [5, 5.41) is 13.2. The summed E-state index contributed by atoms with van der Waals surface area (Å²) in [6.45, 7) is 1.67. The molecule has 0 spiro atoms. The fraction of sp³-hybridized carbons (Fsp3) is 0.250. The highest BCUT2D eigenvalue weighted by molar-refractivity contribution is 5.87. The summed E-state index contributed by atoms with van der Waals surface area (Å²) in [7, 11) is 1.70. The molecule has 32 heavy (non-hydrogen) atoms. The van der Waals surface area contributed by atoms with Crippen LogP contribution in [0, 0.1) is 6.92 Å². The first-order chi connectivity index (χ1) is 15.3. The van der Waals surface area contributed by atoms with Crippen molar-refractivity contribution in [2.75, 3.05) is 0 Å². The first-order valence-electron chi connectivity index (χ1n) is 10.4. The van der Waals surface area contributed by atoms with Gasteiger partial charge >= 0.3 is 5.97 Å². The van der Waals surface area contributed by atoms with E-state index in [4.69, 9.17) is 0 Å². The fourth-order valence-electron chi connectivity index (χ4n) is 3.92. The van der Waals surface area contributed by atoms with E-state index in [-0.39, 0.29) is 24.3 Å². The molecule has 0 fully saturated rings. The number of hydrogen-bond donors (Lipinski definition) is 3. The number of aryl methyl sites for hydroxylation is 3. The molecule has 0 aliphatic carbocycles. The normalized spacial score (nSPS) is 12.2. The van der Waals surface area contributed by atoms with E-state index in [1.807, 2.05) is 42.5 Å². The lowest BCUT2D eigenvalue weighted by Gasteiger charge is -2.14. The minimum Gasteiger partial charge on any atom is -0.480 e. The zero-order valence-corrected chi connectivity index (χ0v) is 17.9. The molecule has 2 aromatic carbocycles. The van der Waals surface area contributed by atoms with Gasteiger partial charge in [-0.3, -0.25) is 9.59 Å². The summed E-state index contributed by atoms with van der Waals surface area (Å²) < 4.78 is 1.55. The van der Waals surface area contributed by atoms with Crippen LogP contribution in [0.2, 0.25) is 0 Å². The number of carbonyl (C=O) groups excluding carboxylic acids is 1. The molecule has 2 heterocycles. The Kier molecular flexibility index (Phi) is 5.77. The molecular formula is C24H24N4O4. The highest BCUT2D eigenvalue weighted by Crippen LogP contribution is 2.19. The summed E-state index contributed by atoms with van der Waals surface area (Å²) in [6, 6.07) is 12.2. The number of rotatable bonds is 7. The van der Waals surface area contributed by atoms with Crippen molar-refractivity contribution in [1.29, 1.82) is 0 Å². The Bertz CT molecular complexity index is 1390. The molecular weight excluding hydrogens is 408 g/mol. The standard InChI is InChI=1S/C24H24N4O4/c1-14-23(30)28(2)21-9-7-15(11-19(21)26-14)8-10-22(29)27-20(24(31)32)12-16-13-25-18-6-4-3-5-17(16)18/h3-7,9,11,13,20,25H,8,10,12H2,1-2H3,(H,27,29)(H,31,32)/t20-/m0/s1. The van der Waals surface area contributed by atoms with Crippen molar-refractivity contribution >= 4 is 33.8 Å². The third-order valence-corrected chi connectivity index (χ3v) is 5.68. The zero-order valence-electron chi connectivity index (χ0n) is 17.9. The first-order valence-corrected chi connectivity index (χ1v) is 10.4. The number of para-hydroxylation sites is 1. The number of hydrogen-bond acceptors (Lipinski definition) is 4. The third-order valence-electron chi connectivity index (χ3n) is 5.68. The van der Waals surface area contributed by atoms with Gasteiger partial charge in [-0.05, 0) is 42.7 Å². The van der Waals surface area contributed by atoms with E-state index in [0.29, 0.717) is 17.6 Å². The van der Waals surface area contributed by atoms with Gasteiger partial charge in [0.15, 0.2) is 0 Å². The van der Waals surface area contributed by atoms with Gasteiger partial charge in [0.1, 0.15) is 11.7 Å². The van der Waals surface area contributed by atoms with Crippen LogP contribution in [-0.2, 0) is 29.5 Å². The molecule has 0 unspecified atom stereocenters. The average molecular weight is 432 g/mol. The Morgan fingerprint density at radius 1 is 1.22 bits per heavy atom. The highest BCUT2D eigenvalue weighted by atomic mass is 16.4. The Morgan fingerprint density at radius 3 is 2.78 bits per heavy atom. The minimum absolute atomic E-state index is 0.139. The predicted molar refractivity (Wildman–Crippen MR) is 122 cm³/mol. The number of carbonyl (C=O) groups is 2. The summed E-state index contributed by atoms with van der Waals surface area (Å²) in [5.41, 5.74) is 4.34. The van der Waals surface area contributed by atoms with Crippen LogP contribution in [0.1, 0.15) is 23.2 Å². The lowest BCUT2D eigenvalue weighted by Crippen LogP contribution is -2.42. The summed E-state index contributed by atoms with van der Waals surface area (Å²) in [6.07, 6.45) is 2.56.